The van der Waals surface area contributed by atoms with Gasteiger partial charge in [-0.25, -0.2) is 9.59 Å². The summed E-state index contributed by atoms with van der Waals surface area (Å²) in [6.45, 7) is 8.08. The average molecular weight is 420 g/mol. The number of ether oxygens (including phenoxy) is 2. The molecule has 1 atom stereocenters. The zero-order valence-corrected chi connectivity index (χ0v) is 17.7. The number of nitro benzene ring substituents is 1. The van der Waals surface area contributed by atoms with Crippen molar-refractivity contribution >= 4 is 23.7 Å². The molecule has 1 saturated heterocycles. The van der Waals surface area contributed by atoms with Crippen molar-refractivity contribution in [3.8, 4) is 0 Å². The topological polar surface area (TPSA) is 126 Å². The number of likely N-dealkylation sites (tertiary alicyclic amines) is 1. The van der Waals surface area contributed by atoms with E-state index in [-0.39, 0.29) is 36.7 Å². The first-order chi connectivity index (χ1) is 14.0. The third kappa shape index (κ3) is 6.71. The number of benzene rings is 1. The third-order valence-corrected chi connectivity index (χ3v) is 4.51. The predicted molar refractivity (Wildman–Crippen MR) is 109 cm³/mol. The fourth-order valence-electron chi connectivity index (χ4n) is 3.02. The highest BCUT2D eigenvalue weighted by Crippen LogP contribution is 2.21. The van der Waals surface area contributed by atoms with Gasteiger partial charge in [0.05, 0.1) is 4.92 Å². The lowest BCUT2D eigenvalue weighted by Gasteiger charge is -2.26. The summed E-state index contributed by atoms with van der Waals surface area (Å²) in [7, 11) is 0. The second-order valence-electron chi connectivity index (χ2n) is 8.26. The minimum atomic E-state index is -0.670. The molecule has 10 heteroatoms. The summed E-state index contributed by atoms with van der Waals surface area (Å²) >= 11 is 0. The fraction of sp³-hybridized carbons (Fsp3) is 0.550. The number of hydrogen-bond donors (Lipinski definition) is 1. The lowest BCUT2D eigenvalue weighted by molar-refractivity contribution is -0.384. The molecule has 0 unspecified atom stereocenters. The Morgan fingerprint density at radius 2 is 1.93 bits per heavy atom. The summed E-state index contributed by atoms with van der Waals surface area (Å²) in [5.41, 5.74) is -0.0136. The van der Waals surface area contributed by atoms with E-state index in [1.807, 2.05) is 0 Å². The van der Waals surface area contributed by atoms with Crippen LogP contribution in [-0.2, 0) is 16.1 Å². The van der Waals surface area contributed by atoms with Crippen LogP contribution in [0, 0.1) is 21.4 Å². The molecule has 2 amide bonds. The van der Waals surface area contributed by atoms with E-state index < -0.39 is 16.6 Å². The van der Waals surface area contributed by atoms with Crippen LogP contribution >= 0.6 is 0 Å². The van der Waals surface area contributed by atoms with Crippen molar-refractivity contribution in [1.82, 2.24) is 9.80 Å². The number of hydrogen-bond acceptors (Lipinski definition) is 7. The van der Waals surface area contributed by atoms with Crippen LogP contribution in [0.25, 0.3) is 0 Å². The molecule has 30 heavy (non-hydrogen) atoms. The fourth-order valence-corrected chi connectivity index (χ4v) is 3.02. The molecule has 1 aromatic rings. The van der Waals surface area contributed by atoms with E-state index in [9.17, 15) is 19.7 Å². The van der Waals surface area contributed by atoms with Gasteiger partial charge in [-0.05, 0) is 57.7 Å². The van der Waals surface area contributed by atoms with Gasteiger partial charge in [-0.1, -0.05) is 0 Å². The molecule has 0 saturated carbocycles. The van der Waals surface area contributed by atoms with Crippen LogP contribution in [0.2, 0.25) is 0 Å². The third-order valence-electron chi connectivity index (χ3n) is 4.51. The summed E-state index contributed by atoms with van der Waals surface area (Å²) in [6, 6.07) is 5.71. The summed E-state index contributed by atoms with van der Waals surface area (Å²) in [5.74, 6) is 0.0455. The monoisotopic (exact) mass is 420 g/mol. The van der Waals surface area contributed by atoms with E-state index in [1.165, 1.54) is 36.1 Å². The van der Waals surface area contributed by atoms with E-state index in [0.717, 1.165) is 0 Å². The number of non-ortho nitro benzene ring substituents is 1. The van der Waals surface area contributed by atoms with Crippen LogP contribution in [0.5, 0.6) is 0 Å². The van der Waals surface area contributed by atoms with E-state index >= 15 is 0 Å². The molecular weight excluding hydrogens is 392 g/mol. The largest absolute Gasteiger partial charge is 0.444 e. The molecule has 164 valence electrons. The van der Waals surface area contributed by atoms with Gasteiger partial charge in [0, 0.05) is 31.8 Å². The number of nitrogens with one attached hydrogen (secondary N) is 1. The Labute approximate surface area is 175 Å². The molecular formula is C20H28N4O6. The highest BCUT2D eigenvalue weighted by molar-refractivity contribution is 5.92. The van der Waals surface area contributed by atoms with Crippen LogP contribution in [0.3, 0.4) is 0 Å². The summed E-state index contributed by atoms with van der Waals surface area (Å²) in [4.78, 5) is 37.7. The van der Waals surface area contributed by atoms with Crippen LogP contribution in [-0.4, -0.2) is 58.0 Å². The van der Waals surface area contributed by atoms with Gasteiger partial charge in [-0.15, -0.1) is 0 Å². The normalized spacial score (nSPS) is 16.1. The first-order valence-electron chi connectivity index (χ1n) is 9.67. The van der Waals surface area contributed by atoms with Gasteiger partial charge >= 0.3 is 12.2 Å². The standard InChI is InChI=1S/C20H28N4O6/c1-14(21)23(12-16-9-10-22(11-16)18(25)30-20(2,3)4)19(26)29-13-15-5-7-17(8-6-15)24(27)28/h5-8,16,21H,9-13H2,1-4H3/t16-/m0/s1. The Kier molecular flexibility index (Phi) is 7.36. The predicted octanol–water partition coefficient (Wildman–Crippen LogP) is 3.79. The molecule has 1 fully saturated rings. The number of nitrogens with zero attached hydrogens (tertiary/aromatic N) is 3. The average Bonchev–Trinajstić information content (AvgIpc) is 3.12. The molecule has 2 rings (SSSR count). The van der Waals surface area contributed by atoms with E-state index in [1.54, 1.807) is 25.7 Å². The number of carbonyl (C=O) groups excluding carboxylic acids is 2. The minimum Gasteiger partial charge on any atom is -0.444 e. The van der Waals surface area contributed by atoms with Gasteiger partial charge in [0.15, 0.2) is 0 Å². The van der Waals surface area contributed by atoms with Crippen molar-refractivity contribution < 1.29 is 24.0 Å². The molecule has 1 N–H and O–H groups in total. The molecule has 0 aromatic heterocycles. The van der Waals surface area contributed by atoms with Crippen LogP contribution in [0.1, 0.15) is 39.7 Å². The van der Waals surface area contributed by atoms with Crippen molar-refractivity contribution in [1.29, 1.82) is 5.41 Å². The second kappa shape index (κ2) is 9.55. The van der Waals surface area contributed by atoms with Gasteiger partial charge in [-0.3, -0.25) is 20.4 Å². The molecule has 1 heterocycles. The number of amides is 2. The zero-order chi connectivity index (χ0) is 22.5. The van der Waals surface area contributed by atoms with Crippen LogP contribution in [0.15, 0.2) is 24.3 Å². The molecule has 0 aliphatic carbocycles. The SMILES string of the molecule is CC(=N)N(C[C@H]1CCN(C(=O)OC(C)(C)C)C1)C(=O)OCc1ccc([N+](=O)[O-])cc1. The molecule has 10 nitrogen and oxygen atoms in total. The van der Waals surface area contributed by atoms with Gasteiger partial charge in [-0.2, -0.15) is 0 Å². The molecule has 1 aliphatic rings. The van der Waals surface area contributed by atoms with Crippen molar-refractivity contribution in [2.75, 3.05) is 19.6 Å². The smallest absolute Gasteiger partial charge is 0.415 e. The quantitative estimate of drug-likeness (QED) is 0.334. The minimum absolute atomic E-state index is 0.00439. The summed E-state index contributed by atoms with van der Waals surface area (Å²) < 4.78 is 10.7. The van der Waals surface area contributed by atoms with Gasteiger partial charge in [0.2, 0.25) is 0 Å². The maximum Gasteiger partial charge on any atom is 0.415 e. The van der Waals surface area contributed by atoms with Crippen molar-refractivity contribution in [2.24, 2.45) is 5.92 Å². The number of rotatable bonds is 5. The van der Waals surface area contributed by atoms with Gasteiger partial charge in [0.25, 0.3) is 5.69 Å². The Hall–Kier alpha value is -3.17. The number of carbonyl (C=O) groups is 2. The van der Waals surface area contributed by atoms with Crippen molar-refractivity contribution in [3.05, 3.63) is 39.9 Å². The van der Waals surface area contributed by atoms with Gasteiger partial charge in [0.1, 0.15) is 18.0 Å². The first-order valence-corrected chi connectivity index (χ1v) is 9.67. The first kappa shape index (κ1) is 23.1. The zero-order valence-electron chi connectivity index (χ0n) is 17.7. The molecule has 0 spiro atoms. The van der Waals surface area contributed by atoms with Crippen LogP contribution < -0.4 is 0 Å². The maximum atomic E-state index is 12.5. The van der Waals surface area contributed by atoms with E-state index in [4.69, 9.17) is 14.9 Å². The summed E-state index contributed by atoms with van der Waals surface area (Å²) in [5, 5.41) is 18.6. The molecule has 0 bridgehead atoms. The molecule has 1 aliphatic heterocycles. The Morgan fingerprint density at radius 1 is 1.30 bits per heavy atom. The van der Waals surface area contributed by atoms with Crippen molar-refractivity contribution in [2.45, 2.75) is 46.3 Å². The number of amidine groups is 1. The van der Waals surface area contributed by atoms with Crippen LogP contribution in [0.4, 0.5) is 15.3 Å². The maximum absolute atomic E-state index is 12.5. The molecule has 0 radical (unpaired) electrons. The number of nitro groups is 1. The second-order valence-corrected chi connectivity index (χ2v) is 8.26. The lowest BCUT2D eigenvalue weighted by atomic mass is 10.1. The Morgan fingerprint density at radius 3 is 2.47 bits per heavy atom. The summed E-state index contributed by atoms with van der Waals surface area (Å²) in [6.07, 6.45) is -0.362. The van der Waals surface area contributed by atoms with E-state index in [0.29, 0.717) is 25.1 Å². The highest BCUT2D eigenvalue weighted by atomic mass is 16.6. The highest BCUT2D eigenvalue weighted by Gasteiger charge is 2.32. The van der Waals surface area contributed by atoms with E-state index in [2.05, 4.69) is 0 Å². The van der Waals surface area contributed by atoms with Crippen molar-refractivity contribution in [3.63, 3.8) is 0 Å². The van der Waals surface area contributed by atoms with Gasteiger partial charge < -0.3 is 14.4 Å². The Balaban J connectivity index is 1.89. The Bertz CT molecular complexity index is 803. The molecule has 1 aromatic carbocycles. The lowest BCUT2D eigenvalue weighted by Crippen LogP contribution is -2.40.